The molecular weight excluding hydrogens is 259 g/mol. The number of carbonyl (C=O) groups is 1. The second-order valence-electron chi connectivity index (χ2n) is 5.13. The Bertz CT molecular complexity index is 614. The average Bonchev–Trinajstić information content (AvgIpc) is 2.91. The topological polar surface area (TPSA) is 56.0 Å². The van der Waals surface area contributed by atoms with E-state index in [4.69, 9.17) is 4.52 Å². The van der Waals surface area contributed by atoms with Gasteiger partial charge in [0.25, 0.3) is 0 Å². The third kappa shape index (κ3) is 2.76. The normalized spacial score (nSPS) is 16.6. The van der Waals surface area contributed by atoms with Gasteiger partial charge in [-0.3, -0.25) is 4.79 Å². The van der Waals surface area contributed by atoms with Gasteiger partial charge in [-0.15, -0.1) is 0 Å². The first-order valence-corrected chi connectivity index (χ1v) is 6.80. The summed E-state index contributed by atoms with van der Waals surface area (Å²) in [5.41, 5.74) is 0.554. The van der Waals surface area contributed by atoms with E-state index in [1.165, 1.54) is 6.07 Å². The summed E-state index contributed by atoms with van der Waals surface area (Å²) in [6.07, 6.45) is 3.01. The summed E-state index contributed by atoms with van der Waals surface area (Å²) in [5.74, 6) is 1.26. The number of benzene rings is 1. The van der Waals surface area contributed by atoms with Crippen molar-refractivity contribution < 1.29 is 13.7 Å². The number of ketones is 1. The van der Waals surface area contributed by atoms with E-state index >= 15 is 0 Å². The Labute approximate surface area is 116 Å². The number of hydrogen-bond donors (Lipinski definition) is 0. The predicted octanol–water partition coefficient (Wildman–Crippen LogP) is 3.03. The molecule has 0 bridgehead atoms. The molecule has 0 aliphatic heterocycles. The van der Waals surface area contributed by atoms with Crippen molar-refractivity contribution in [1.82, 2.24) is 10.1 Å². The van der Waals surface area contributed by atoms with Crippen molar-refractivity contribution in [3.63, 3.8) is 0 Å². The fraction of sp³-hybridized carbons (Fsp3) is 0.400. The first-order valence-electron chi connectivity index (χ1n) is 6.80. The number of hydrogen-bond acceptors (Lipinski definition) is 4. The number of halogens is 1. The highest BCUT2D eigenvalue weighted by molar-refractivity contribution is 5.79. The number of rotatable bonds is 3. The maximum Gasteiger partial charge on any atom is 0.229 e. The van der Waals surface area contributed by atoms with E-state index in [-0.39, 0.29) is 11.7 Å². The molecule has 4 nitrogen and oxygen atoms in total. The molecule has 0 amide bonds. The Morgan fingerprint density at radius 1 is 1.25 bits per heavy atom. The second kappa shape index (κ2) is 5.53. The van der Waals surface area contributed by atoms with Gasteiger partial charge in [-0.25, -0.2) is 4.39 Å². The lowest BCUT2D eigenvalue weighted by Gasteiger charge is -2.16. The molecule has 1 fully saturated rings. The van der Waals surface area contributed by atoms with Gasteiger partial charge in [-0.2, -0.15) is 4.98 Å². The van der Waals surface area contributed by atoms with Crippen molar-refractivity contribution >= 4 is 5.78 Å². The first-order chi connectivity index (χ1) is 9.72. The highest BCUT2D eigenvalue weighted by Crippen LogP contribution is 2.30. The molecular formula is C15H15FN2O2. The van der Waals surface area contributed by atoms with Gasteiger partial charge in [-0.05, 0) is 24.5 Å². The molecule has 1 aliphatic rings. The van der Waals surface area contributed by atoms with E-state index in [1.54, 1.807) is 18.2 Å². The molecule has 0 atom stereocenters. The fourth-order valence-corrected chi connectivity index (χ4v) is 2.50. The van der Waals surface area contributed by atoms with Crippen molar-refractivity contribution in [3.8, 4) is 0 Å². The van der Waals surface area contributed by atoms with Gasteiger partial charge in [0, 0.05) is 25.2 Å². The Kier molecular flexibility index (Phi) is 3.58. The molecule has 0 spiro atoms. The van der Waals surface area contributed by atoms with Crippen LogP contribution in [0.25, 0.3) is 0 Å². The van der Waals surface area contributed by atoms with Crippen molar-refractivity contribution in [2.24, 2.45) is 0 Å². The van der Waals surface area contributed by atoms with E-state index in [9.17, 15) is 9.18 Å². The molecule has 1 heterocycles. The molecule has 1 aromatic heterocycles. The molecule has 0 radical (unpaired) electrons. The number of carbonyl (C=O) groups excluding carboxylic acids is 1. The summed E-state index contributed by atoms with van der Waals surface area (Å²) in [5, 5.41) is 3.91. The van der Waals surface area contributed by atoms with Crippen LogP contribution in [0.1, 0.15) is 48.9 Å². The fourth-order valence-electron chi connectivity index (χ4n) is 2.50. The van der Waals surface area contributed by atoms with E-state index in [1.807, 2.05) is 0 Å². The van der Waals surface area contributed by atoms with Gasteiger partial charge >= 0.3 is 0 Å². The smallest absolute Gasteiger partial charge is 0.229 e. The lowest BCUT2D eigenvalue weighted by atomic mass is 9.88. The van der Waals surface area contributed by atoms with Crippen molar-refractivity contribution in [2.75, 3.05) is 0 Å². The third-order valence-corrected chi connectivity index (χ3v) is 3.68. The van der Waals surface area contributed by atoms with Crippen LogP contribution in [0.5, 0.6) is 0 Å². The molecule has 0 saturated heterocycles. The molecule has 0 N–H and O–H groups in total. The maximum atomic E-state index is 13.6. The van der Waals surface area contributed by atoms with Crippen LogP contribution in [0.2, 0.25) is 0 Å². The molecule has 5 heteroatoms. The summed E-state index contributed by atoms with van der Waals surface area (Å²) in [4.78, 5) is 15.6. The zero-order valence-electron chi connectivity index (χ0n) is 11.0. The summed E-state index contributed by atoms with van der Waals surface area (Å²) >= 11 is 0. The predicted molar refractivity (Wildman–Crippen MR) is 69.7 cm³/mol. The van der Waals surface area contributed by atoms with Crippen LogP contribution >= 0.6 is 0 Å². The SMILES string of the molecule is O=C1CCC(c2nc(Cc3ccccc3F)no2)CC1. The second-order valence-corrected chi connectivity index (χ2v) is 5.13. The van der Waals surface area contributed by atoms with Gasteiger partial charge in [0.1, 0.15) is 11.6 Å². The van der Waals surface area contributed by atoms with Crippen LogP contribution in [-0.4, -0.2) is 15.9 Å². The highest BCUT2D eigenvalue weighted by Gasteiger charge is 2.25. The molecule has 3 rings (SSSR count). The Morgan fingerprint density at radius 2 is 2.00 bits per heavy atom. The minimum absolute atomic E-state index is 0.162. The van der Waals surface area contributed by atoms with Gasteiger partial charge in [0.2, 0.25) is 5.89 Å². The minimum atomic E-state index is -0.262. The van der Waals surface area contributed by atoms with Gasteiger partial charge in [0.05, 0.1) is 0 Å². The molecule has 20 heavy (non-hydrogen) atoms. The summed E-state index contributed by atoms with van der Waals surface area (Å²) in [6, 6.07) is 6.57. The van der Waals surface area contributed by atoms with Crippen LogP contribution in [-0.2, 0) is 11.2 Å². The Morgan fingerprint density at radius 3 is 2.75 bits per heavy atom. The summed E-state index contributed by atoms with van der Waals surface area (Å²) in [6.45, 7) is 0. The third-order valence-electron chi connectivity index (χ3n) is 3.68. The van der Waals surface area contributed by atoms with Crippen LogP contribution < -0.4 is 0 Å². The Balaban J connectivity index is 1.71. The standard InChI is InChI=1S/C15H15FN2O2/c16-13-4-2-1-3-11(13)9-14-17-15(20-18-14)10-5-7-12(19)8-6-10/h1-4,10H,5-9H2. The lowest BCUT2D eigenvalue weighted by molar-refractivity contribution is -0.120. The molecule has 2 aromatic rings. The zero-order valence-corrected chi connectivity index (χ0v) is 11.0. The molecule has 104 valence electrons. The van der Waals surface area contributed by atoms with Gasteiger partial charge in [-0.1, -0.05) is 23.4 Å². The summed E-state index contributed by atoms with van der Waals surface area (Å²) < 4.78 is 18.8. The van der Waals surface area contributed by atoms with Crippen LogP contribution in [0.3, 0.4) is 0 Å². The van der Waals surface area contributed by atoms with Crippen molar-refractivity contribution in [2.45, 2.75) is 38.0 Å². The largest absolute Gasteiger partial charge is 0.339 e. The number of Topliss-reactive ketones (excluding diaryl/α,β-unsaturated/α-hetero) is 1. The molecule has 1 aliphatic carbocycles. The van der Waals surface area contributed by atoms with Crippen molar-refractivity contribution in [3.05, 3.63) is 47.4 Å². The van der Waals surface area contributed by atoms with Crippen molar-refractivity contribution in [1.29, 1.82) is 0 Å². The Hall–Kier alpha value is -2.04. The quantitative estimate of drug-likeness (QED) is 0.863. The average molecular weight is 274 g/mol. The molecule has 1 aromatic carbocycles. The van der Waals surface area contributed by atoms with Crippen LogP contribution in [0, 0.1) is 5.82 Å². The number of aromatic nitrogens is 2. The number of nitrogens with zero attached hydrogens (tertiary/aromatic N) is 2. The molecule has 0 unspecified atom stereocenters. The maximum absolute atomic E-state index is 13.6. The van der Waals surface area contributed by atoms with Crippen LogP contribution in [0.15, 0.2) is 28.8 Å². The zero-order chi connectivity index (χ0) is 13.9. The first kappa shape index (κ1) is 13.0. The van der Waals surface area contributed by atoms with Gasteiger partial charge in [0.15, 0.2) is 5.82 Å². The molecule has 1 saturated carbocycles. The highest BCUT2D eigenvalue weighted by atomic mass is 19.1. The van der Waals surface area contributed by atoms with Gasteiger partial charge < -0.3 is 4.52 Å². The minimum Gasteiger partial charge on any atom is -0.339 e. The van der Waals surface area contributed by atoms with E-state index in [2.05, 4.69) is 10.1 Å². The van der Waals surface area contributed by atoms with E-state index < -0.39 is 0 Å². The lowest BCUT2D eigenvalue weighted by Crippen LogP contribution is -2.12. The van der Waals surface area contributed by atoms with E-state index in [0.29, 0.717) is 42.3 Å². The van der Waals surface area contributed by atoms with Crippen LogP contribution in [0.4, 0.5) is 4.39 Å². The monoisotopic (exact) mass is 274 g/mol. The van der Waals surface area contributed by atoms with E-state index in [0.717, 1.165) is 12.8 Å². The summed E-state index contributed by atoms with van der Waals surface area (Å²) in [7, 11) is 0.